The van der Waals surface area contributed by atoms with Gasteiger partial charge in [-0.15, -0.1) is 0 Å². The second kappa shape index (κ2) is 5.57. The van der Waals surface area contributed by atoms with E-state index in [9.17, 15) is 14.7 Å². The van der Waals surface area contributed by atoms with Gasteiger partial charge >= 0.3 is 0 Å². The number of aromatic hydroxyl groups is 1. The van der Waals surface area contributed by atoms with Gasteiger partial charge in [0, 0.05) is 11.9 Å². The van der Waals surface area contributed by atoms with Crippen molar-refractivity contribution in [3.63, 3.8) is 0 Å². The van der Waals surface area contributed by atoms with E-state index in [-0.39, 0.29) is 17.0 Å². The van der Waals surface area contributed by atoms with Crippen molar-refractivity contribution in [2.45, 2.75) is 13.8 Å². The summed E-state index contributed by atoms with van der Waals surface area (Å²) in [4.78, 5) is 31.0. The number of aromatic amines is 1. The van der Waals surface area contributed by atoms with Crippen LogP contribution in [0.1, 0.15) is 21.5 Å². The number of H-pyrrole nitrogens is 1. The molecule has 116 valence electrons. The Morgan fingerprint density at radius 2 is 2.04 bits per heavy atom. The van der Waals surface area contributed by atoms with Gasteiger partial charge in [-0.3, -0.25) is 9.59 Å². The van der Waals surface area contributed by atoms with Crippen LogP contribution < -0.4 is 10.9 Å². The van der Waals surface area contributed by atoms with Crippen molar-refractivity contribution in [1.29, 1.82) is 0 Å². The van der Waals surface area contributed by atoms with Crippen LogP contribution in [0.5, 0.6) is 5.75 Å². The normalized spacial score (nSPS) is 10.7. The predicted molar refractivity (Wildman–Crippen MR) is 87.9 cm³/mol. The van der Waals surface area contributed by atoms with Crippen molar-refractivity contribution in [2.75, 3.05) is 5.32 Å². The van der Waals surface area contributed by atoms with Crippen molar-refractivity contribution >= 4 is 22.6 Å². The number of rotatable bonds is 2. The Bertz CT molecular complexity index is 976. The first-order valence-electron chi connectivity index (χ1n) is 7.06. The molecule has 3 rings (SSSR count). The van der Waals surface area contributed by atoms with E-state index >= 15 is 0 Å². The summed E-state index contributed by atoms with van der Waals surface area (Å²) in [5.41, 5.74) is 1.66. The highest BCUT2D eigenvalue weighted by Crippen LogP contribution is 2.24. The van der Waals surface area contributed by atoms with E-state index in [1.54, 1.807) is 18.2 Å². The van der Waals surface area contributed by atoms with E-state index in [0.29, 0.717) is 11.1 Å². The molecule has 0 unspecified atom stereocenters. The van der Waals surface area contributed by atoms with Gasteiger partial charge in [0.05, 0.1) is 5.39 Å². The second-order valence-electron chi connectivity index (χ2n) is 5.35. The molecule has 3 aromatic rings. The van der Waals surface area contributed by atoms with Crippen LogP contribution in [0.2, 0.25) is 0 Å². The fourth-order valence-electron chi connectivity index (χ4n) is 2.37. The molecule has 1 aromatic carbocycles. The van der Waals surface area contributed by atoms with Crippen LogP contribution in [0.15, 0.2) is 41.3 Å². The van der Waals surface area contributed by atoms with Crippen LogP contribution in [0.25, 0.3) is 11.0 Å². The summed E-state index contributed by atoms with van der Waals surface area (Å²) in [6.45, 7) is 3.75. The molecule has 0 bridgehead atoms. The number of fused-ring (bicyclic) bond motifs is 1. The van der Waals surface area contributed by atoms with Crippen molar-refractivity contribution in [3.8, 4) is 5.75 Å². The Morgan fingerprint density at radius 1 is 1.26 bits per heavy atom. The molecule has 0 saturated heterocycles. The van der Waals surface area contributed by atoms with Crippen molar-refractivity contribution in [1.82, 2.24) is 9.97 Å². The number of nitrogens with zero attached hydrogens (tertiary/aromatic N) is 1. The molecule has 0 spiro atoms. The molecule has 0 aliphatic rings. The summed E-state index contributed by atoms with van der Waals surface area (Å²) in [5.74, 6) is -1.04. The van der Waals surface area contributed by atoms with Crippen LogP contribution in [0.4, 0.5) is 5.69 Å². The highest BCUT2D eigenvalue weighted by Gasteiger charge is 2.20. The Balaban J connectivity index is 2.08. The minimum absolute atomic E-state index is 0.235. The lowest BCUT2D eigenvalue weighted by Crippen LogP contribution is -2.24. The van der Waals surface area contributed by atoms with Gasteiger partial charge in [0.2, 0.25) is 0 Å². The molecule has 3 N–H and O–H groups in total. The molecule has 6 nitrogen and oxygen atoms in total. The fourth-order valence-corrected chi connectivity index (χ4v) is 2.37. The maximum atomic E-state index is 12.5. The highest BCUT2D eigenvalue weighted by atomic mass is 16.3. The number of nitrogens with one attached hydrogen (secondary N) is 2. The monoisotopic (exact) mass is 309 g/mol. The summed E-state index contributed by atoms with van der Waals surface area (Å²) >= 11 is 0. The quantitative estimate of drug-likeness (QED) is 0.678. The van der Waals surface area contributed by atoms with Crippen LogP contribution in [-0.2, 0) is 0 Å². The number of anilines is 1. The molecule has 2 aromatic heterocycles. The standard InChI is InChI=1S/C17H15N3O3/c1-9-5-6-10(2)12(8-9)19-16(22)13-14(21)11-4-3-7-18-15(11)20-17(13)23/h3-8H,1-2H3,(H,19,22)(H2,18,20,21,23). The van der Waals surface area contributed by atoms with Gasteiger partial charge in [-0.05, 0) is 43.2 Å². The first-order valence-corrected chi connectivity index (χ1v) is 7.06. The summed E-state index contributed by atoms with van der Waals surface area (Å²) < 4.78 is 0. The molecule has 2 heterocycles. The Hall–Kier alpha value is -3.15. The average molecular weight is 309 g/mol. The maximum Gasteiger partial charge on any atom is 0.266 e. The lowest BCUT2D eigenvalue weighted by Gasteiger charge is -2.10. The van der Waals surface area contributed by atoms with Crippen molar-refractivity contribution in [3.05, 3.63) is 63.6 Å². The number of aromatic nitrogens is 2. The van der Waals surface area contributed by atoms with E-state index in [2.05, 4.69) is 15.3 Å². The SMILES string of the molecule is Cc1ccc(C)c(NC(=O)c2c(O)c3cccnc3[nH]c2=O)c1. The Labute approximate surface area is 131 Å². The zero-order chi connectivity index (χ0) is 16.6. The van der Waals surface area contributed by atoms with E-state index < -0.39 is 11.5 Å². The smallest absolute Gasteiger partial charge is 0.266 e. The molecule has 6 heteroatoms. The van der Waals surface area contributed by atoms with Gasteiger partial charge in [0.1, 0.15) is 17.0 Å². The molecular weight excluding hydrogens is 294 g/mol. The van der Waals surface area contributed by atoms with E-state index in [4.69, 9.17) is 0 Å². The molecule has 0 saturated carbocycles. The topological polar surface area (TPSA) is 95.1 Å². The molecular formula is C17H15N3O3. The van der Waals surface area contributed by atoms with Crippen LogP contribution in [0, 0.1) is 13.8 Å². The Morgan fingerprint density at radius 3 is 2.83 bits per heavy atom. The summed E-state index contributed by atoms with van der Waals surface area (Å²) in [6, 6.07) is 8.81. The average Bonchev–Trinajstić information content (AvgIpc) is 2.51. The molecule has 23 heavy (non-hydrogen) atoms. The Kier molecular flexibility index (Phi) is 3.57. The van der Waals surface area contributed by atoms with E-state index in [0.717, 1.165) is 11.1 Å². The number of carbonyl (C=O) groups excluding carboxylic acids is 1. The third-order valence-corrected chi connectivity index (χ3v) is 3.63. The van der Waals surface area contributed by atoms with Crippen LogP contribution >= 0.6 is 0 Å². The second-order valence-corrected chi connectivity index (χ2v) is 5.35. The number of amides is 1. The molecule has 1 amide bonds. The van der Waals surface area contributed by atoms with E-state index in [1.165, 1.54) is 6.20 Å². The number of carbonyl (C=O) groups is 1. The number of pyridine rings is 2. The first-order chi connectivity index (χ1) is 11.0. The lowest BCUT2D eigenvalue weighted by molar-refractivity contribution is 0.102. The molecule has 0 fully saturated rings. The molecule has 0 aliphatic carbocycles. The lowest BCUT2D eigenvalue weighted by atomic mass is 10.1. The summed E-state index contributed by atoms with van der Waals surface area (Å²) in [5, 5.41) is 13.3. The van der Waals surface area contributed by atoms with Crippen LogP contribution in [-0.4, -0.2) is 21.0 Å². The van der Waals surface area contributed by atoms with Crippen molar-refractivity contribution in [2.24, 2.45) is 0 Å². The van der Waals surface area contributed by atoms with Gasteiger partial charge in [0.25, 0.3) is 11.5 Å². The van der Waals surface area contributed by atoms with Gasteiger partial charge in [-0.25, -0.2) is 4.98 Å². The molecule has 0 aliphatic heterocycles. The van der Waals surface area contributed by atoms with E-state index in [1.807, 2.05) is 26.0 Å². The number of hydrogen-bond donors (Lipinski definition) is 3. The minimum Gasteiger partial charge on any atom is -0.506 e. The highest BCUT2D eigenvalue weighted by molar-refractivity contribution is 6.08. The van der Waals surface area contributed by atoms with Gasteiger partial charge < -0.3 is 15.4 Å². The van der Waals surface area contributed by atoms with Gasteiger partial charge in [0.15, 0.2) is 0 Å². The van der Waals surface area contributed by atoms with Gasteiger partial charge in [-0.2, -0.15) is 0 Å². The third-order valence-electron chi connectivity index (χ3n) is 3.63. The largest absolute Gasteiger partial charge is 0.506 e. The number of hydrogen-bond acceptors (Lipinski definition) is 4. The first kappa shape index (κ1) is 14.8. The summed E-state index contributed by atoms with van der Waals surface area (Å²) in [6.07, 6.45) is 1.49. The third kappa shape index (κ3) is 2.66. The zero-order valence-corrected chi connectivity index (χ0v) is 12.7. The number of aryl methyl sites for hydroxylation is 2. The van der Waals surface area contributed by atoms with Crippen LogP contribution in [0.3, 0.4) is 0 Å². The minimum atomic E-state index is -0.684. The maximum absolute atomic E-state index is 12.5. The molecule has 0 radical (unpaired) electrons. The number of benzene rings is 1. The van der Waals surface area contributed by atoms with Gasteiger partial charge in [-0.1, -0.05) is 12.1 Å². The van der Waals surface area contributed by atoms with Crippen molar-refractivity contribution < 1.29 is 9.90 Å². The summed E-state index contributed by atoms with van der Waals surface area (Å²) in [7, 11) is 0. The molecule has 0 atom stereocenters. The predicted octanol–water partition coefficient (Wildman–Crippen LogP) is 2.50. The zero-order valence-electron chi connectivity index (χ0n) is 12.7. The fraction of sp³-hybridized carbons (Fsp3) is 0.118.